The van der Waals surface area contributed by atoms with Crippen LogP contribution in [0, 0.1) is 0 Å². The molecule has 0 unspecified atom stereocenters. The molecule has 1 aliphatic carbocycles. The molecule has 0 bridgehead atoms. The van der Waals surface area contributed by atoms with E-state index in [1.165, 1.54) is 0 Å². The van der Waals surface area contributed by atoms with Crippen LogP contribution in [0.2, 0.25) is 0 Å². The van der Waals surface area contributed by atoms with Crippen molar-refractivity contribution in [2.75, 3.05) is 13.1 Å². The molecule has 1 aromatic rings. The summed E-state index contributed by atoms with van der Waals surface area (Å²) in [4.78, 5) is 13.6. The number of amides is 1. The van der Waals surface area contributed by atoms with E-state index in [-0.39, 0.29) is 18.0 Å². The van der Waals surface area contributed by atoms with E-state index in [0.717, 1.165) is 25.7 Å². The van der Waals surface area contributed by atoms with Crippen LogP contribution in [-0.2, 0) is 14.8 Å². The van der Waals surface area contributed by atoms with Crippen LogP contribution in [0.1, 0.15) is 32.6 Å². The van der Waals surface area contributed by atoms with Gasteiger partial charge in [0.15, 0.2) is 0 Å². The van der Waals surface area contributed by atoms with Crippen LogP contribution in [0.4, 0.5) is 0 Å². The molecule has 120 valence electrons. The molecule has 2 aliphatic rings. The van der Waals surface area contributed by atoms with Gasteiger partial charge < -0.3 is 4.90 Å². The van der Waals surface area contributed by atoms with Gasteiger partial charge in [-0.1, -0.05) is 18.2 Å². The largest absolute Gasteiger partial charge is 0.343 e. The number of carbonyl (C=O) groups is 1. The summed E-state index contributed by atoms with van der Waals surface area (Å²) in [5, 5.41) is 0. The zero-order valence-electron chi connectivity index (χ0n) is 12.8. The van der Waals surface area contributed by atoms with Crippen molar-refractivity contribution < 1.29 is 13.2 Å². The second-order valence-corrected chi connectivity index (χ2v) is 7.96. The van der Waals surface area contributed by atoms with Crippen LogP contribution in [0.25, 0.3) is 0 Å². The van der Waals surface area contributed by atoms with Gasteiger partial charge in [-0.25, -0.2) is 8.42 Å². The number of hydrogen-bond acceptors (Lipinski definition) is 3. The van der Waals surface area contributed by atoms with Crippen LogP contribution in [0.3, 0.4) is 0 Å². The van der Waals surface area contributed by atoms with E-state index in [0.29, 0.717) is 18.0 Å². The van der Waals surface area contributed by atoms with Crippen molar-refractivity contribution in [1.82, 2.24) is 9.21 Å². The Morgan fingerprint density at radius 3 is 2.09 bits per heavy atom. The predicted octanol–water partition coefficient (Wildman–Crippen LogP) is 1.85. The third-order valence-electron chi connectivity index (χ3n) is 4.50. The molecule has 6 heteroatoms. The second kappa shape index (κ2) is 6.01. The highest BCUT2D eigenvalue weighted by molar-refractivity contribution is 7.89. The molecule has 1 saturated heterocycles. The minimum absolute atomic E-state index is 0.00769. The predicted molar refractivity (Wildman–Crippen MR) is 83.8 cm³/mol. The summed E-state index contributed by atoms with van der Waals surface area (Å²) >= 11 is 0. The van der Waals surface area contributed by atoms with Gasteiger partial charge in [-0.2, -0.15) is 4.31 Å². The molecule has 22 heavy (non-hydrogen) atoms. The van der Waals surface area contributed by atoms with Crippen molar-refractivity contribution in [1.29, 1.82) is 0 Å². The SMILES string of the molecule is CC(=O)N1CCC(N(C2CC2)S(=O)(=O)c2ccccc2)CC1. The van der Waals surface area contributed by atoms with E-state index in [9.17, 15) is 13.2 Å². The van der Waals surface area contributed by atoms with Gasteiger partial charge in [0.05, 0.1) is 4.90 Å². The average Bonchev–Trinajstić information content (AvgIpc) is 3.33. The molecule has 3 rings (SSSR count). The molecule has 1 aliphatic heterocycles. The zero-order chi connectivity index (χ0) is 15.7. The molecule has 1 aromatic carbocycles. The normalized spacial score (nSPS) is 20.4. The fourth-order valence-electron chi connectivity index (χ4n) is 3.17. The van der Waals surface area contributed by atoms with Crippen molar-refractivity contribution in [3.05, 3.63) is 30.3 Å². The smallest absolute Gasteiger partial charge is 0.243 e. The molecule has 0 N–H and O–H groups in total. The molecule has 2 fully saturated rings. The van der Waals surface area contributed by atoms with E-state index in [2.05, 4.69) is 0 Å². The molecule has 0 spiro atoms. The van der Waals surface area contributed by atoms with E-state index in [4.69, 9.17) is 0 Å². The van der Waals surface area contributed by atoms with Gasteiger partial charge in [-0.3, -0.25) is 4.79 Å². The minimum atomic E-state index is -3.45. The number of benzene rings is 1. The fraction of sp³-hybridized carbons (Fsp3) is 0.562. The lowest BCUT2D eigenvalue weighted by molar-refractivity contribution is -0.130. The molecule has 1 saturated carbocycles. The number of sulfonamides is 1. The van der Waals surface area contributed by atoms with Crippen LogP contribution in [-0.4, -0.2) is 48.7 Å². The minimum Gasteiger partial charge on any atom is -0.343 e. The standard InChI is InChI=1S/C16H22N2O3S/c1-13(19)17-11-9-15(10-12-17)18(14-7-8-14)22(20,21)16-5-3-2-4-6-16/h2-6,14-15H,7-12H2,1H3. The maximum Gasteiger partial charge on any atom is 0.243 e. The summed E-state index contributed by atoms with van der Waals surface area (Å²) in [5.74, 6) is 0.0716. The van der Waals surface area contributed by atoms with Crippen LogP contribution < -0.4 is 0 Å². The summed E-state index contributed by atoms with van der Waals surface area (Å²) in [7, 11) is -3.45. The monoisotopic (exact) mass is 322 g/mol. The Hall–Kier alpha value is -1.40. The van der Waals surface area contributed by atoms with Gasteiger partial charge in [0.2, 0.25) is 15.9 Å². The van der Waals surface area contributed by atoms with Crippen LogP contribution in [0.5, 0.6) is 0 Å². The average molecular weight is 322 g/mol. The lowest BCUT2D eigenvalue weighted by Gasteiger charge is -2.37. The molecule has 0 atom stereocenters. The topological polar surface area (TPSA) is 57.7 Å². The van der Waals surface area contributed by atoms with Crippen molar-refractivity contribution in [2.24, 2.45) is 0 Å². The Kier molecular flexibility index (Phi) is 4.23. The van der Waals surface area contributed by atoms with Gasteiger partial charge in [0, 0.05) is 32.1 Å². The highest BCUT2D eigenvalue weighted by atomic mass is 32.2. The third-order valence-corrected chi connectivity index (χ3v) is 6.51. The van der Waals surface area contributed by atoms with Crippen molar-refractivity contribution in [3.8, 4) is 0 Å². The molecule has 1 amide bonds. The Labute approximate surface area is 132 Å². The number of piperidine rings is 1. The van der Waals surface area contributed by atoms with Crippen LogP contribution in [0.15, 0.2) is 35.2 Å². The summed E-state index contributed by atoms with van der Waals surface area (Å²) in [6.07, 6.45) is 3.34. The number of rotatable bonds is 4. The molecular formula is C16H22N2O3S. The first-order valence-electron chi connectivity index (χ1n) is 7.84. The third kappa shape index (κ3) is 3.03. The van der Waals surface area contributed by atoms with E-state index in [1.807, 2.05) is 6.07 Å². The van der Waals surface area contributed by atoms with Gasteiger partial charge in [-0.05, 0) is 37.8 Å². The van der Waals surface area contributed by atoms with Crippen molar-refractivity contribution >= 4 is 15.9 Å². The zero-order valence-corrected chi connectivity index (χ0v) is 13.6. The highest BCUT2D eigenvalue weighted by Gasteiger charge is 2.43. The molecule has 1 heterocycles. The van der Waals surface area contributed by atoms with Crippen molar-refractivity contribution in [3.63, 3.8) is 0 Å². The summed E-state index contributed by atoms with van der Waals surface area (Å²) in [6, 6.07) is 8.82. The van der Waals surface area contributed by atoms with E-state index in [1.54, 1.807) is 40.4 Å². The Bertz CT molecular complexity index is 633. The van der Waals surface area contributed by atoms with E-state index >= 15 is 0 Å². The van der Waals surface area contributed by atoms with Crippen LogP contribution >= 0.6 is 0 Å². The number of carbonyl (C=O) groups excluding carboxylic acids is 1. The molecule has 0 radical (unpaired) electrons. The molecule has 0 aromatic heterocycles. The van der Waals surface area contributed by atoms with Gasteiger partial charge >= 0.3 is 0 Å². The maximum atomic E-state index is 13.0. The lowest BCUT2D eigenvalue weighted by atomic mass is 10.0. The van der Waals surface area contributed by atoms with E-state index < -0.39 is 10.0 Å². The Morgan fingerprint density at radius 2 is 1.59 bits per heavy atom. The quantitative estimate of drug-likeness (QED) is 0.850. The van der Waals surface area contributed by atoms with Crippen molar-refractivity contribution in [2.45, 2.75) is 49.6 Å². The summed E-state index contributed by atoms with van der Waals surface area (Å²) in [5.41, 5.74) is 0. The second-order valence-electron chi connectivity index (χ2n) is 6.12. The number of likely N-dealkylation sites (tertiary alicyclic amines) is 1. The molecular weight excluding hydrogens is 300 g/mol. The number of nitrogens with zero attached hydrogens (tertiary/aromatic N) is 2. The van der Waals surface area contributed by atoms with Gasteiger partial charge in [0.25, 0.3) is 0 Å². The first kappa shape index (κ1) is 15.5. The first-order chi connectivity index (χ1) is 10.5. The summed E-state index contributed by atoms with van der Waals surface area (Å²) < 4.78 is 27.7. The summed E-state index contributed by atoms with van der Waals surface area (Å²) in [6.45, 7) is 2.86. The Morgan fingerprint density at radius 1 is 1.05 bits per heavy atom. The fourth-order valence-corrected chi connectivity index (χ4v) is 5.12. The highest BCUT2D eigenvalue weighted by Crippen LogP contribution is 2.36. The maximum absolute atomic E-state index is 13.0. The van der Waals surface area contributed by atoms with Gasteiger partial charge in [-0.15, -0.1) is 0 Å². The number of hydrogen-bond donors (Lipinski definition) is 0. The first-order valence-corrected chi connectivity index (χ1v) is 9.28. The lowest BCUT2D eigenvalue weighted by Crippen LogP contribution is -2.49. The molecule has 5 nitrogen and oxygen atoms in total. The Balaban J connectivity index is 1.81. The van der Waals surface area contributed by atoms with Gasteiger partial charge in [0.1, 0.15) is 0 Å².